The molecule has 1 N–H and O–H groups in total. The van der Waals surface area contributed by atoms with Gasteiger partial charge in [0.15, 0.2) is 5.11 Å². The number of anilines is 2. The zero-order valence-corrected chi connectivity index (χ0v) is 17.8. The predicted molar refractivity (Wildman–Crippen MR) is 115 cm³/mol. The Kier molecular flexibility index (Phi) is 6.53. The van der Waals surface area contributed by atoms with E-state index in [-0.39, 0.29) is 5.02 Å². The molecule has 2 heterocycles. The van der Waals surface area contributed by atoms with Crippen LogP contribution in [-0.2, 0) is 6.18 Å². The van der Waals surface area contributed by atoms with E-state index in [1.54, 1.807) is 0 Å². The van der Waals surface area contributed by atoms with Gasteiger partial charge in [-0.05, 0) is 50.2 Å². The molecule has 0 unspecified atom stereocenters. The van der Waals surface area contributed by atoms with E-state index in [9.17, 15) is 13.2 Å². The Hall–Kier alpha value is -2.06. The number of aryl methyl sites for hydroxylation is 2. The Labute approximate surface area is 178 Å². The van der Waals surface area contributed by atoms with Crippen molar-refractivity contribution in [3.05, 3.63) is 52.2 Å². The second kappa shape index (κ2) is 8.75. The lowest BCUT2D eigenvalue weighted by Crippen LogP contribution is -2.38. The van der Waals surface area contributed by atoms with E-state index in [1.807, 2.05) is 30.9 Å². The van der Waals surface area contributed by atoms with E-state index < -0.39 is 11.7 Å². The lowest BCUT2D eigenvalue weighted by Gasteiger charge is -2.26. The minimum absolute atomic E-state index is 0.00394. The van der Waals surface area contributed by atoms with E-state index in [2.05, 4.69) is 21.3 Å². The molecule has 1 fully saturated rings. The molecule has 1 aromatic heterocycles. The molecule has 0 spiro atoms. The van der Waals surface area contributed by atoms with Crippen LogP contribution in [0, 0.1) is 13.8 Å². The highest BCUT2D eigenvalue weighted by molar-refractivity contribution is 7.80. The fourth-order valence-electron chi connectivity index (χ4n) is 3.30. The summed E-state index contributed by atoms with van der Waals surface area (Å²) < 4.78 is 38.5. The molecule has 1 aromatic carbocycles. The van der Waals surface area contributed by atoms with Crippen LogP contribution >= 0.6 is 23.8 Å². The van der Waals surface area contributed by atoms with Crippen molar-refractivity contribution < 1.29 is 13.2 Å². The molecule has 1 saturated heterocycles. The first kappa shape index (κ1) is 21.6. The van der Waals surface area contributed by atoms with Gasteiger partial charge in [-0.2, -0.15) is 13.2 Å². The SMILES string of the molecule is Cc1ccc(NC(=S)N2CCCN(c3ncc(C(F)(F)F)cc3Cl)CC2)c(C)c1. The van der Waals surface area contributed by atoms with Crippen molar-refractivity contribution in [1.29, 1.82) is 0 Å². The number of hydrogen-bond acceptors (Lipinski definition) is 3. The molecular formula is C20H22ClF3N4S. The summed E-state index contributed by atoms with van der Waals surface area (Å²) in [7, 11) is 0. The summed E-state index contributed by atoms with van der Waals surface area (Å²) in [5, 5.41) is 3.93. The highest BCUT2D eigenvalue weighted by atomic mass is 35.5. The van der Waals surface area contributed by atoms with Crippen LogP contribution in [0.1, 0.15) is 23.1 Å². The number of pyridine rings is 1. The summed E-state index contributed by atoms with van der Waals surface area (Å²) >= 11 is 11.7. The van der Waals surface area contributed by atoms with Crippen LogP contribution in [0.5, 0.6) is 0 Å². The molecule has 0 amide bonds. The van der Waals surface area contributed by atoms with Gasteiger partial charge in [0.25, 0.3) is 0 Å². The summed E-state index contributed by atoms with van der Waals surface area (Å²) in [6.07, 6.45) is -2.85. The third-order valence-electron chi connectivity index (χ3n) is 4.86. The van der Waals surface area contributed by atoms with Gasteiger partial charge in [-0.1, -0.05) is 29.3 Å². The van der Waals surface area contributed by atoms with Crippen molar-refractivity contribution in [2.75, 3.05) is 36.4 Å². The van der Waals surface area contributed by atoms with Crippen LogP contribution in [0.25, 0.3) is 0 Å². The molecule has 9 heteroatoms. The van der Waals surface area contributed by atoms with Gasteiger partial charge in [-0.3, -0.25) is 0 Å². The Morgan fingerprint density at radius 1 is 1.14 bits per heavy atom. The molecule has 4 nitrogen and oxygen atoms in total. The molecule has 2 aromatic rings. The monoisotopic (exact) mass is 442 g/mol. The fraction of sp³-hybridized carbons (Fsp3) is 0.400. The largest absolute Gasteiger partial charge is 0.417 e. The standard InChI is InChI=1S/C20H22ClF3N4S/c1-13-4-5-17(14(2)10-13)26-19(29)28-7-3-6-27(8-9-28)18-16(21)11-15(12-25-18)20(22,23)24/h4-5,10-12H,3,6-9H2,1-2H3,(H,26,29). The first-order valence-electron chi connectivity index (χ1n) is 9.26. The maximum Gasteiger partial charge on any atom is 0.417 e. The van der Waals surface area contributed by atoms with Crippen molar-refractivity contribution in [3.63, 3.8) is 0 Å². The lowest BCUT2D eigenvalue weighted by molar-refractivity contribution is -0.137. The van der Waals surface area contributed by atoms with Crippen molar-refractivity contribution >= 4 is 40.4 Å². The summed E-state index contributed by atoms with van der Waals surface area (Å²) in [6.45, 7) is 6.63. The van der Waals surface area contributed by atoms with Gasteiger partial charge in [0.2, 0.25) is 0 Å². The number of hydrogen-bond donors (Lipinski definition) is 1. The Bertz CT molecular complexity index is 904. The molecule has 0 radical (unpaired) electrons. The van der Waals surface area contributed by atoms with E-state index in [1.165, 1.54) is 5.56 Å². The quantitative estimate of drug-likeness (QED) is 0.639. The molecule has 3 rings (SSSR count). The molecule has 0 bridgehead atoms. The van der Waals surface area contributed by atoms with Crippen LogP contribution < -0.4 is 10.2 Å². The van der Waals surface area contributed by atoms with Crippen molar-refractivity contribution in [2.45, 2.75) is 26.4 Å². The van der Waals surface area contributed by atoms with Crippen LogP contribution in [0.2, 0.25) is 5.02 Å². The maximum atomic E-state index is 12.8. The number of rotatable bonds is 2. The Morgan fingerprint density at radius 3 is 2.55 bits per heavy atom. The second-order valence-corrected chi connectivity index (χ2v) is 7.90. The van der Waals surface area contributed by atoms with E-state index in [0.717, 1.165) is 36.5 Å². The summed E-state index contributed by atoms with van der Waals surface area (Å²) in [5.41, 5.74) is 2.42. The zero-order chi connectivity index (χ0) is 21.2. The van der Waals surface area contributed by atoms with E-state index in [4.69, 9.17) is 23.8 Å². The zero-order valence-electron chi connectivity index (χ0n) is 16.2. The Balaban J connectivity index is 1.66. The number of benzene rings is 1. The highest BCUT2D eigenvalue weighted by Crippen LogP contribution is 2.33. The number of nitrogens with one attached hydrogen (secondary N) is 1. The molecule has 156 valence electrons. The lowest BCUT2D eigenvalue weighted by atomic mass is 10.1. The second-order valence-electron chi connectivity index (χ2n) is 7.10. The number of nitrogens with zero attached hydrogens (tertiary/aromatic N) is 3. The van der Waals surface area contributed by atoms with Crippen LogP contribution in [0.15, 0.2) is 30.5 Å². The molecule has 0 saturated carbocycles. The van der Waals surface area contributed by atoms with Crippen molar-refractivity contribution in [2.24, 2.45) is 0 Å². The topological polar surface area (TPSA) is 31.4 Å². The number of alkyl halides is 3. The molecule has 0 atom stereocenters. The predicted octanol–water partition coefficient (Wildman–Crippen LogP) is 5.28. The summed E-state index contributed by atoms with van der Waals surface area (Å²) in [6, 6.07) is 7.06. The maximum absolute atomic E-state index is 12.8. The highest BCUT2D eigenvalue weighted by Gasteiger charge is 2.32. The van der Waals surface area contributed by atoms with Gasteiger partial charge in [0.1, 0.15) is 5.82 Å². The first-order valence-corrected chi connectivity index (χ1v) is 10.0. The molecular weight excluding hydrogens is 421 g/mol. The number of thiocarbonyl (C=S) groups is 1. The van der Waals surface area contributed by atoms with Gasteiger partial charge in [-0.25, -0.2) is 4.98 Å². The number of halogens is 4. The normalized spacial score (nSPS) is 15.2. The van der Waals surface area contributed by atoms with Gasteiger partial charge < -0.3 is 15.1 Å². The van der Waals surface area contributed by atoms with Crippen LogP contribution in [0.4, 0.5) is 24.7 Å². The van der Waals surface area contributed by atoms with Gasteiger partial charge in [0.05, 0.1) is 10.6 Å². The third-order valence-corrected chi connectivity index (χ3v) is 5.49. The fourth-order valence-corrected chi connectivity index (χ4v) is 3.88. The smallest absolute Gasteiger partial charge is 0.354 e. The van der Waals surface area contributed by atoms with Crippen LogP contribution in [-0.4, -0.2) is 41.2 Å². The first-order chi connectivity index (χ1) is 13.6. The average molecular weight is 443 g/mol. The van der Waals surface area contributed by atoms with Gasteiger partial charge in [-0.15, -0.1) is 0 Å². The minimum Gasteiger partial charge on any atom is -0.354 e. The summed E-state index contributed by atoms with van der Waals surface area (Å²) in [5.74, 6) is 0.370. The summed E-state index contributed by atoms with van der Waals surface area (Å²) in [4.78, 5) is 7.94. The van der Waals surface area contributed by atoms with E-state index in [0.29, 0.717) is 30.6 Å². The van der Waals surface area contributed by atoms with Gasteiger partial charge in [0, 0.05) is 38.1 Å². The van der Waals surface area contributed by atoms with E-state index >= 15 is 0 Å². The average Bonchev–Trinajstić information content (AvgIpc) is 2.89. The van der Waals surface area contributed by atoms with Crippen molar-refractivity contribution in [3.8, 4) is 0 Å². The molecule has 1 aliphatic rings. The third kappa shape index (κ3) is 5.30. The number of aromatic nitrogens is 1. The van der Waals surface area contributed by atoms with Crippen molar-refractivity contribution in [1.82, 2.24) is 9.88 Å². The van der Waals surface area contributed by atoms with Crippen LogP contribution in [0.3, 0.4) is 0 Å². The Morgan fingerprint density at radius 2 is 1.90 bits per heavy atom. The molecule has 0 aliphatic carbocycles. The molecule has 29 heavy (non-hydrogen) atoms. The van der Waals surface area contributed by atoms with Gasteiger partial charge >= 0.3 is 6.18 Å². The minimum atomic E-state index is -4.46. The molecule has 1 aliphatic heterocycles.